The smallest absolute Gasteiger partial charge is 0.111 e. The first-order valence-electron chi connectivity index (χ1n) is 8.31. The zero-order chi connectivity index (χ0) is 15.9. The van der Waals surface area contributed by atoms with Crippen LogP contribution in [-0.4, -0.2) is 21.4 Å². The maximum absolute atomic E-state index is 4.89. The van der Waals surface area contributed by atoms with Crippen LogP contribution in [0.15, 0.2) is 48.5 Å². The predicted octanol–water partition coefficient (Wildman–Crippen LogP) is 5.24. The number of aromatic nitrogens is 2. The third-order valence-corrected chi connectivity index (χ3v) is 6.79. The van der Waals surface area contributed by atoms with Crippen molar-refractivity contribution in [2.24, 2.45) is 0 Å². The van der Waals surface area contributed by atoms with E-state index in [4.69, 9.17) is 9.97 Å². The van der Waals surface area contributed by atoms with E-state index in [0.29, 0.717) is 6.04 Å². The fourth-order valence-corrected chi connectivity index (χ4v) is 5.62. The van der Waals surface area contributed by atoms with Gasteiger partial charge in [-0.15, -0.1) is 22.7 Å². The van der Waals surface area contributed by atoms with Gasteiger partial charge in [0.25, 0.3) is 0 Å². The summed E-state index contributed by atoms with van der Waals surface area (Å²) in [6.45, 7) is 2.07. The van der Waals surface area contributed by atoms with Gasteiger partial charge in [-0.1, -0.05) is 24.3 Å². The van der Waals surface area contributed by atoms with E-state index < -0.39 is 0 Å². The highest BCUT2D eigenvalue weighted by atomic mass is 32.1. The number of hydrogen-bond acceptors (Lipinski definition) is 5. The molecular weight excluding hydrogens is 334 g/mol. The molecule has 2 aromatic carbocycles. The average molecular weight is 352 g/mol. The molecule has 5 rings (SSSR count). The van der Waals surface area contributed by atoms with Crippen molar-refractivity contribution < 1.29 is 0 Å². The van der Waals surface area contributed by atoms with Gasteiger partial charge < -0.3 is 0 Å². The molecule has 0 amide bonds. The molecule has 0 saturated carbocycles. The van der Waals surface area contributed by atoms with Crippen LogP contribution in [0.2, 0.25) is 0 Å². The van der Waals surface area contributed by atoms with Crippen molar-refractivity contribution in [3.8, 4) is 0 Å². The van der Waals surface area contributed by atoms with Crippen LogP contribution < -0.4 is 0 Å². The predicted molar refractivity (Wildman–Crippen MR) is 102 cm³/mol. The summed E-state index contributed by atoms with van der Waals surface area (Å²) in [5.74, 6) is 0. The molecule has 1 saturated heterocycles. The topological polar surface area (TPSA) is 29.0 Å². The monoisotopic (exact) mass is 351 g/mol. The third kappa shape index (κ3) is 2.53. The zero-order valence-corrected chi connectivity index (χ0v) is 14.8. The van der Waals surface area contributed by atoms with E-state index in [9.17, 15) is 0 Å². The lowest BCUT2D eigenvalue weighted by Crippen LogP contribution is -2.22. The Bertz CT molecular complexity index is 938. The van der Waals surface area contributed by atoms with Crippen molar-refractivity contribution >= 4 is 43.1 Å². The minimum Gasteiger partial charge on any atom is -0.287 e. The fourth-order valence-electron chi connectivity index (χ4n) is 3.49. The van der Waals surface area contributed by atoms with E-state index in [1.807, 2.05) is 22.7 Å². The Morgan fingerprint density at radius 2 is 1.62 bits per heavy atom. The molecule has 1 atom stereocenters. The molecule has 5 heteroatoms. The molecule has 1 fully saturated rings. The number of benzene rings is 2. The number of rotatable bonds is 3. The van der Waals surface area contributed by atoms with E-state index >= 15 is 0 Å². The molecule has 0 N–H and O–H groups in total. The molecule has 0 aliphatic carbocycles. The van der Waals surface area contributed by atoms with Gasteiger partial charge in [0.15, 0.2) is 0 Å². The van der Waals surface area contributed by atoms with Crippen LogP contribution in [0.3, 0.4) is 0 Å². The van der Waals surface area contributed by atoms with Gasteiger partial charge in [-0.3, -0.25) is 4.90 Å². The SMILES string of the molecule is c1ccc2sc(CN3CCC[C@H]3c3nc4ccccc4s3)nc2c1. The van der Waals surface area contributed by atoms with Crippen LogP contribution in [0, 0.1) is 0 Å². The van der Waals surface area contributed by atoms with E-state index in [-0.39, 0.29) is 0 Å². The lowest BCUT2D eigenvalue weighted by atomic mass is 10.2. The number of fused-ring (bicyclic) bond motifs is 2. The van der Waals surface area contributed by atoms with E-state index in [1.54, 1.807) is 0 Å². The molecule has 0 bridgehead atoms. The van der Waals surface area contributed by atoms with Crippen LogP contribution in [0.25, 0.3) is 20.4 Å². The minimum absolute atomic E-state index is 0.439. The summed E-state index contributed by atoms with van der Waals surface area (Å²) in [7, 11) is 0. The van der Waals surface area contributed by atoms with Gasteiger partial charge >= 0.3 is 0 Å². The van der Waals surface area contributed by atoms with Crippen molar-refractivity contribution in [2.75, 3.05) is 6.54 Å². The molecule has 0 unspecified atom stereocenters. The van der Waals surface area contributed by atoms with Crippen molar-refractivity contribution in [1.29, 1.82) is 0 Å². The summed E-state index contributed by atoms with van der Waals surface area (Å²) in [6.07, 6.45) is 2.44. The number of likely N-dealkylation sites (tertiary alicyclic amines) is 1. The summed E-state index contributed by atoms with van der Waals surface area (Å²) in [6, 6.07) is 17.3. The first-order chi connectivity index (χ1) is 11.9. The van der Waals surface area contributed by atoms with Crippen LogP contribution in [0.4, 0.5) is 0 Å². The van der Waals surface area contributed by atoms with Crippen LogP contribution in [0.5, 0.6) is 0 Å². The molecule has 1 aliphatic heterocycles. The lowest BCUT2D eigenvalue weighted by Gasteiger charge is -2.21. The highest BCUT2D eigenvalue weighted by Gasteiger charge is 2.29. The molecule has 3 heterocycles. The molecule has 0 radical (unpaired) electrons. The van der Waals surface area contributed by atoms with E-state index in [2.05, 4.69) is 53.4 Å². The van der Waals surface area contributed by atoms with Gasteiger partial charge in [-0.25, -0.2) is 9.97 Å². The second kappa shape index (κ2) is 5.92. The minimum atomic E-state index is 0.439. The first kappa shape index (κ1) is 14.5. The highest BCUT2D eigenvalue weighted by molar-refractivity contribution is 7.19. The second-order valence-corrected chi connectivity index (χ2v) is 8.40. The standard InChI is InChI=1S/C19H17N3S2/c1-3-9-16-13(6-1)20-18(23-16)12-22-11-5-8-15(22)19-21-14-7-2-4-10-17(14)24-19/h1-4,6-7,9-10,15H,5,8,11-12H2/t15-/m0/s1. The Morgan fingerprint density at radius 1 is 0.917 bits per heavy atom. The molecule has 2 aromatic heterocycles. The molecule has 4 aromatic rings. The summed E-state index contributed by atoms with van der Waals surface area (Å²) < 4.78 is 2.57. The van der Waals surface area contributed by atoms with Gasteiger partial charge in [0, 0.05) is 0 Å². The third-order valence-electron chi connectivity index (χ3n) is 4.64. The first-order valence-corrected chi connectivity index (χ1v) is 9.94. The number of para-hydroxylation sites is 2. The van der Waals surface area contributed by atoms with Crippen LogP contribution >= 0.6 is 22.7 Å². The van der Waals surface area contributed by atoms with Gasteiger partial charge in [-0.05, 0) is 43.7 Å². The number of nitrogens with zero attached hydrogens (tertiary/aromatic N) is 3. The summed E-state index contributed by atoms with van der Waals surface area (Å²) in [4.78, 5) is 12.2. The normalized spacial score (nSPS) is 18.8. The molecule has 24 heavy (non-hydrogen) atoms. The maximum atomic E-state index is 4.89. The number of thiazole rings is 2. The molecule has 1 aliphatic rings. The van der Waals surface area contributed by atoms with Crippen molar-refractivity contribution in [2.45, 2.75) is 25.4 Å². The zero-order valence-electron chi connectivity index (χ0n) is 13.2. The summed E-state index contributed by atoms with van der Waals surface area (Å²) >= 11 is 3.66. The molecular formula is C19H17N3S2. The van der Waals surface area contributed by atoms with E-state index in [0.717, 1.165) is 24.1 Å². The summed E-state index contributed by atoms with van der Waals surface area (Å²) in [5, 5.41) is 2.47. The van der Waals surface area contributed by atoms with Crippen molar-refractivity contribution in [3.05, 3.63) is 58.5 Å². The Labute approximate surface area is 148 Å². The van der Waals surface area contributed by atoms with Crippen LogP contribution in [0.1, 0.15) is 28.9 Å². The summed E-state index contributed by atoms with van der Waals surface area (Å²) in [5.41, 5.74) is 2.25. The Morgan fingerprint density at radius 3 is 2.38 bits per heavy atom. The van der Waals surface area contributed by atoms with Gasteiger partial charge in [-0.2, -0.15) is 0 Å². The quantitative estimate of drug-likeness (QED) is 0.505. The van der Waals surface area contributed by atoms with Crippen LogP contribution in [-0.2, 0) is 6.54 Å². The average Bonchev–Trinajstić information content (AvgIpc) is 3.31. The molecule has 120 valence electrons. The molecule has 3 nitrogen and oxygen atoms in total. The Balaban J connectivity index is 1.44. The highest BCUT2D eigenvalue weighted by Crippen LogP contribution is 2.37. The van der Waals surface area contributed by atoms with Gasteiger partial charge in [0.1, 0.15) is 10.0 Å². The van der Waals surface area contributed by atoms with Gasteiger partial charge in [0.2, 0.25) is 0 Å². The maximum Gasteiger partial charge on any atom is 0.111 e. The Hall–Kier alpha value is -1.82. The number of hydrogen-bond donors (Lipinski definition) is 0. The molecule has 0 spiro atoms. The van der Waals surface area contributed by atoms with E-state index in [1.165, 1.54) is 32.3 Å². The second-order valence-electron chi connectivity index (χ2n) is 6.22. The van der Waals surface area contributed by atoms with Crippen molar-refractivity contribution in [3.63, 3.8) is 0 Å². The largest absolute Gasteiger partial charge is 0.287 e. The van der Waals surface area contributed by atoms with Gasteiger partial charge in [0.05, 0.1) is 33.0 Å². The lowest BCUT2D eigenvalue weighted by molar-refractivity contribution is 0.248. The fraction of sp³-hybridized carbons (Fsp3) is 0.263. The van der Waals surface area contributed by atoms with Crippen molar-refractivity contribution in [1.82, 2.24) is 14.9 Å². The Kier molecular flexibility index (Phi) is 3.58.